The van der Waals surface area contributed by atoms with Gasteiger partial charge in [-0.05, 0) is 18.1 Å². The smallest absolute Gasteiger partial charge is 0.277 e. The van der Waals surface area contributed by atoms with Crippen LogP contribution in [0, 0.1) is 0 Å². The van der Waals surface area contributed by atoms with Gasteiger partial charge in [0.1, 0.15) is 0 Å². The first-order valence-electron chi connectivity index (χ1n) is 5.91. The van der Waals surface area contributed by atoms with Crippen molar-refractivity contribution in [2.75, 3.05) is 6.54 Å². The predicted molar refractivity (Wildman–Crippen MR) is 72.4 cm³/mol. The monoisotopic (exact) mass is 267 g/mol. The van der Waals surface area contributed by atoms with Gasteiger partial charge in [-0.15, -0.1) is 0 Å². The van der Waals surface area contributed by atoms with E-state index >= 15 is 0 Å². The number of aromatic amines is 1. The molecule has 0 amide bonds. The molecule has 0 spiro atoms. The molecular formula is C12H17N3O2S. The van der Waals surface area contributed by atoms with Crippen LogP contribution in [0.5, 0.6) is 0 Å². The second kappa shape index (κ2) is 5.51. The summed E-state index contributed by atoms with van der Waals surface area (Å²) in [7, 11) is -3.40. The van der Waals surface area contributed by atoms with Gasteiger partial charge in [-0.25, -0.2) is 4.72 Å². The van der Waals surface area contributed by atoms with Gasteiger partial charge >= 0.3 is 0 Å². The van der Waals surface area contributed by atoms with Gasteiger partial charge in [0.25, 0.3) is 10.2 Å². The zero-order chi connectivity index (χ0) is 13.0. The molecule has 98 valence electrons. The minimum Gasteiger partial charge on any atom is -0.361 e. The van der Waals surface area contributed by atoms with E-state index in [-0.39, 0.29) is 6.54 Å². The van der Waals surface area contributed by atoms with E-state index in [1.807, 2.05) is 37.4 Å². The second-order valence-electron chi connectivity index (χ2n) is 4.08. The fourth-order valence-corrected chi connectivity index (χ4v) is 2.66. The van der Waals surface area contributed by atoms with Crippen LogP contribution in [0.2, 0.25) is 0 Å². The molecule has 0 aliphatic heterocycles. The van der Waals surface area contributed by atoms with Crippen molar-refractivity contribution in [1.29, 1.82) is 0 Å². The van der Waals surface area contributed by atoms with Crippen molar-refractivity contribution < 1.29 is 8.42 Å². The summed E-state index contributed by atoms with van der Waals surface area (Å²) in [5.41, 5.74) is 1.95. The van der Waals surface area contributed by atoms with Crippen LogP contribution in [0.4, 0.5) is 0 Å². The van der Waals surface area contributed by atoms with Gasteiger partial charge in [-0.3, -0.25) is 0 Å². The zero-order valence-electron chi connectivity index (χ0n) is 10.2. The van der Waals surface area contributed by atoms with Crippen molar-refractivity contribution in [3.63, 3.8) is 0 Å². The number of fused-ring (bicyclic) bond motifs is 1. The van der Waals surface area contributed by atoms with Gasteiger partial charge in [0, 0.05) is 30.2 Å². The van der Waals surface area contributed by atoms with Crippen molar-refractivity contribution >= 4 is 21.1 Å². The third-order valence-corrected chi connectivity index (χ3v) is 3.78. The van der Waals surface area contributed by atoms with Gasteiger partial charge in [0.2, 0.25) is 0 Å². The molecule has 0 radical (unpaired) electrons. The van der Waals surface area contributed by atoms with Crippen LogP contribution in [0.15, 0.2) is 30.5 Å². The highest BCUT2D eigenvalue weighted by Gasteiger charge is 2.09. The Morgan fingerprint density at radius 3 is 2.78 bits per heavy atom. The second-order valence-corrected chi connectivity index (χ2v) is 5.66. The lowest BCUT2D eigenvalue weighted by molar-refractivity contribution is 0.565. The van der Waals surface area contributed by atoms with Crippen LogP contribution in [-0.4, -0.2) is 19.9 Å². The number of rotatable bonds is 6. The topological polar surface area (TPSA) is 74.0 Å². The van der Waals surface area contributed by atoms with E-state index in [9.17, 15) is 8.42 Å². The average molecular weight is 267 g/mol. The maximum atomic E-state index is 11.6. The van der Waals surface area contributed by atoms with E-state index in [2.05, 4.69) is 14.4 Å². The summed E-state index contributed by atoms with van der Waals surface area (Å²) in [5, 5.41) is 1.04. The molecule has 0 atom stereocenters. The summed E-state index contributed by atoms with van der Waals surface area (Å²) in [6.07, 6.45) is 2.60. The Morgan fingerprint density at radius 2 is 2.00 bits per heavy atom. The number of para-hydroxylation sites is 1. The Labute approximate surface area is 107 Å². The summed E-state index contributed by atoms with van der Waals surface area (Å²) in [4.78, 5) is 3.11. The molecule has 18 heavy (non-hydrogen) atoms. The molecule has 1 aromatic carbocycles. The maximum Gasteiger partial charge on any atom is 0.277 e. The summed E-state index contributed by atoms with van der Waals surface area (Å²) >= 11 is 0. The van der Waals surface area contributed by atoms with E-state index in [4.69, 9.17) is 0 Å². The lowest BCUT2D eigenvalue weighted by atomic mass is 10.2. The molecule has 2 rings (SSSR count). The van der Waals surface area contributed by atoms with Gasteiger partial charge < -0.3 is 4.98 Å². The normalized spacial score (nSPS) is 12.1. The molecule has 0 aliphatic rings. The Balaban J connectivity index is 2.06. The van der Waals surface area contributed by atoms with Crippen molar-refractivity contribution in [3.8, 4) is 0 Å². The summed E-state index contributed by atoms with van der Waals surface area (Å²) in [6.45, 7) is 2.65. The minimum absolute atomic E-state index is 0.281. The van der Waals surface area contributed by atoms with Crippen molar-refractivity contribution in [2.45, 2.75) is 19.9 Å². The molecule has 0 aliphatic carbocycles. The van der Waals surface area contributed by atoms with E-state index < -0.39 is 10.2 Å². The maximum absolute atomic E-state index is 11.6. The Kier molecular flexibility index (Phi) is 4.00. The van der Waals surface area contributed by atoms with E-state index in [0.29, 0.717) is 6.54 Å². The summed E-state index contributed by atoms with van der Waals surface area (Å²) in [6, 6.07) is 7.80. The first kappa shape index (κ1) is 13.1. The first-order valence-corrected chi connectivity index (χ1v) is 7.40. The average Bonchev–Trinajstić information content (AvgIpc) is 2.78. The number of hydrogen-bond donors (Lipinski definition) is 3. The molecular weight excluding hydrogens is 250 g/mol. The largest absolute Gasteiger partial charge is 0.361 e. The predicted octanol–water partition coefficient (Wildman–Crippen LogP) is 1.50. The SMILES string of the molecule is CCCNS(=O)(=O)NCc1c[nH]c2ccccc12. The molecule has 5 nitrogen and oxygen atoms in total. The van der Waals surface area contributed by atoms with Gasteiger partial charge in [0.05, 0.1) is 0 Å². The minimum atomic E-state index is -3.40. The third-order valence-electron chi connectivity index (χ3n) is 2.67. The van der Waals surface area contributed by atoms with Crippen molar-refractivity contribution in [3.05, 3.63) is 36.0 Å². The van der Waals surface area contributed by atoms with Crippen LogP contribution in [0.25, 0.3) is 10.9 Å². The van der Waals surface area contributed by atoms with Crippen LogP contribution >= 0.6 is 0 Å². The van der Waals surface area contributed by atoms with Gasteiger partial charge in [0.15, 0.2) is 0 Å². The number of H-pyrrole nitrogens is 1. The Morgan fingerprint density at radius 1 is 1.22 bits per heavy atom. The lowest BCUT2D eigenvalue weighted by Gasteiger charge is -2.06. The molecule has 0 bridgehead atoms. The highest BCUT2D eigenvalue weighted by molar-refractivity contribution is 7.87. The molecule has 3 N–H and O–H groups in total. The highest BCUT2D eigenvalue weighted by atomic mass is 32.2. The summed E-state index contributed by atoms with van der Waals surface area (Å²) < 4.78 is 28.2. The highest BCUT2D eigenvalue weighted by Crippen LogP contribution is 2.17. The standard InChI is InChI=1S/C12H17N3O2S/c1-2-7-14-18(16,17)15-9-10-8-13-12-6-4-3-5-11(10)12/h3-6,8,13-15H,2,7,9H2,1H3. The van der Waals surface area contributed by atoms with Crippen molar-refractivity contribution in [2.24, 2.45) is 0 Å². The Hall–Kier alpha value is -1.37. The fourth-order valence-electron chi connectivity index (χ4n) is 1.74. The van der Waals surface area contributed by atoms with Gasteiger partial charge in [-0.1, -0.05) is 25.1 Å². The number of aromatic nitrogens is 1. The van der Waals surface area contributed by atoms with Gasteiger partial charge in [-0.2, -0.15) is 13.1 Å². The zero-order valence-corrected chi connectivity index (χ0v) is 11.0. The van der Waals surface area contributed by atoms with Crippen LogP contribution in [0.1, 0.15) is 18.9 Å². The molecule has 0 saturated carbocycles. The molecule has 6 heteroatoms. The Bertz CT molecular complexity index is 619. The molecule has 1 aromatic heterocycles. The molecule has 0 unspecified atom stereocenters. The first-order chi connectivity index (χ1) is 8.62. The third kappa shape index (κ3) is 3.10. The fraction of sp³-hybridized carbons (Fsp3) is 0.333. The summed E-state index contributed by atoms with van der Waals surface area (Å²) in [5.74, 6) is 0. The lowest BCUT2D eigenvalue weighted by Crippen LogP contribution is -2.36. The number of nitrogens with one attached hydrogen (secondary N) is 3. The quantitative estimate of drug-likeness (QED) is 0.742. The van der Waals surface area contributed by atoms with Crippen LogP contribution in [0.3, 0.4) is 0 Å². The van der Waals surface area contributed by atoms with Crippen molar-refractivity contribution in [1.82, 2.24) is 14.4 Å². The van der Waals surface area contributed by atoms with E-state index in [1.54, 1.807) is 0 Å². The van der Waals surface area contributed by atoms with E-state index in [0.717, 1.165) is 22.9 Å². The van der Waals surface area contributed by atoms with Crippen LogP contribution < -0.4 is 9.44 Å². The number of benzene rings is 1. The number of hydrogen-bond acceptors (Lipinski definition) is 2. The molecule has 0 fully saturated rings. The molecule has 0 saturated heterocycles. The van der Waals surface area contributed by atoms with Crippen LogP contribution in [-0.2, 0) is 16.8 Å². The van der Waals surface area contributed by atoms with E-state index in [1.165, 1.54) is 0 Å². The molecule has 2 aromatic rings. The molecule has 1 heterocycles.